The summed E-state index contributed by atoms with van der Waals surface area (Å²) in [7, 11) is 0. The summed E-state index contributed by atoms with van der Waals surface area (Å²) < 4.78 is 31.5. The maximum atomic E-state index is 12.8. The Kier molecular flexibility index (Phi) is 8.57. The van der Waals surface area contributed by atoms with Crippen molar-refractivity contribution in [2.24, 2.45) is 56.7 Å². The highest BCUT2D eigenvalue weighted by molar-refractivity contribution is 5.71. The Bertz CT molecular complexity index is 1330. The van der Waals surface area contributed by atoms with Crippen LogP contribution in [0.3, 0.4) is 0 Å². The van der Waals surface area contributed by atoms with Crippen LogP contribution in [-0.4, -0.2) is 102 Å². The van der Waals surface area contributed by atoms with Gasteiger partial charge in [-0.15, -0.1) is 0 Å². The van der Waals surface area contributed by atoms with Crippen LogP contribution in [0.5, 0.6) is 0 Å². The fourth-order valence-electron chi connectivity index (χ4n) is 14.4. The molecule has 0 amide bonds. The highest BCUT2D eigenvalue weighted by atomic mass is 16.7. The van der Waals surface area contributed by atoms with E-state index < -0.39 is 23.9 Å². The number of hydrogen-bond donors (Lipinski definition) is 2. The zero-order valence-corrected chi connectivity index (χ0v) is 32.4. The van der Waals surface area contributed by atoms with Gasteiger partial charge in [-0.3, -0.25) is 9.69 Å². The second kappa shape index (κ2) is 11.8. The lowest BCUT2D eigenvalue weighted by Gasteiger charge is -2.64. The second-order valence-corrected chi connectivity index (χ2v) is 20.3. The van der Waals surface area contributed by atoms with Crippen LogP contribution in [0.15, 0.2) is 0 Å². The van der Waals surface area contributed by atoms with Crippen molar-refractivity contribution in [1.29, 1.82) is 0 Å². The summed E-state index contributed by atoms with van der Waals surface area (Å²) >= 11 is 0. The van der Waals surface area contributed by atoms with Gasteiger partial charge in [0.05, 0.1) is 68.3 Å². The van der Waals surface area contributed by atoms with Crippen molar-refractivity contribution in [3.8, 4) is 0 Å². The molecule has 0 bridgehead atoms. The molecule has 8 rings (SSSR count). The molecule has 0 radical (unpaired) electrons. The minimum Gasteiger partial charge on any atom is -0.456 e. The Morgan fingerprint density at radius 3 is 2.36 bits per heavy atom. The van der Waals surface area contributed by atoms with E-state index in [1.165, 1.54) is 25.7 Å². The van der Waals surface area contributed by atoms with Gasteiger partial charge in [-0.25, -0.2) is 0 Å². The summed E-state index contributed by atoms with van der Waals surface area (Å²) in [5.41, 5.74) is -0.984. The van der Waals surface area contributed by atoms with E-state index >= 15 is 0 Å². The van der Waals surface area contributed by atoms with Crippen LogP contribution in [0.4, 0.5) is 0 Å². The van der Waals surface area contributed by atoms with E-state index in [1.807, 2.05) is 13.8 Å². The summed E-state index contributed by atoms with van der Waals surface area (Å²) in [6.07, 6.45) is 6.71. The Balaban J connectivity index is 1.02. The number of aliphatic hydroxyl groups is 2. The zero-order chi connectivity index (χ0) is 35.8. The number of aliphatic hydroxyl groups excluding tert-OH is 1. The number of nitrogens with zero attached hydrogens (tertiary/aromatic N) is 1. The van der Waals surface area contributed by atoms with Gasteiger partial charge in [-0.1, -0.05) is 48.5 Å². The van der Waals surface area contributed by atoms with Crippen molar-refractivity contribution in [2.75, 3.05) is 32.9 Å². The van der Waals surface area contributed by atoms with Crippen molar-refractivity contribution < 1.29 is 38.7 Å². The topological polar surface area (TPSA) is 107 Å². The molecule has 5 saturated carbocycles. The summed E-state index contributed by atoms with van der Waals surface area (Å²) in [5.74, 6) is 0.899. The Hall–Kier alpha value is -0.810. The van der Waals surface area contributed by atoms with Gasteiger partial charge in [0.1, 0.15) is 0 Å². The van der Waals surface area contributed by atoms with E-state index in [9.17, 15) is 15.0 Å². The monoisotopic (exact) mass is 701 g/mol. The third-order valence-electron chi connectivity index (χ3n) is 17.0. The molecule has 284 valence electrons. The van der Waals surface area contributed by atoms with Crippen LogP contribution in [0, 0.1) is 56.7 Å². The van der Waals surface area contributed by atoms with Crippen molar-refractivity contribution in [3.63, 3.8) is 0 Å². The minimum absolute atomic E-state index is 0.0479. The third-order valence-corrected chi connectivity index (χ3v) is 17.0. The van der Waals surface area contributed by atoms with Gasteiger partial charge in [-0.2, -0.15) is 0 Å². The van der Waals surface area contributed by atoms with E-state index in [2.05, 4.69) is 39.5 Å². The molecule has 0 aromatic carbocycles. The van der Waals surface area contributed by atoms with Gasteiger partial charge in [0.2, 0.25) is 0 Å². The molecule has 8 aliphatic rings. The number of rotatable bonds is 7. The molecule has 14 unspecified atom stereocenters. The van der Waals surface area contributed by atoms with Crippen LogP contribution >= 0.6 is 0 Å². The number of morpholine rings is 1. The lowest BCUT2D eigenvalue weighted by Crippen LogP contribution is -2.60. The Morgan fingerprint density at radius 2 is 1.70 bits per heavy atom. The minimum atomic E-state index is -1.27. The van der Waals surface area contributed by atoms with Gasteiger partial charge >= 0.3 is 5.97 Å². The molecule has 8 fully saturated rings. The summed E-state index contributed by atoms with van der Waals surface area (Å²) in [6, 6.07) is 0.506. The smallest absolute Gasteiger partial charge is 0.308 e. The Labute approximate surface area is 300 Å². The number of ether oxygens (including phenoxy) is 5. The quantitative estimate of drug-likeness (QED) is 0.329. The molecule has 50 heavy (non-hydrogen) atoms. The van der Waals surface area contributed by atoms with E-state index in [-0.39, 0.29) is 63.9 Å². The average molecular weight is 702 g/mol. The SMILES string of the molecule is CC(C)C(=O)OC(C1CC(C)C2C(O1)C(O)C1(C)C3CCC4C(C)(C)C(OC5CN(C6COC6)CCO5)CCC45CC35CCC21C)C(C)(C)O. The normalized spacial score (nSPS) is 50.6. The molecule has 9 heteroatoms. The predicted octanol–water partition coefficient (Wildman–Crippen LogP) is 5.58. The van der Waals surface area contributed by atoms with Crippen molar-refractivity contribution in [1.82, 2.24) is 4.90 Å². The average Bonchev–Trinajstić information content (AvgIpc) is 3.64. The zero-order valence-electron chi connectivity index (χ0n) is 32.4. The molecule has 9 nitrogen and oxygen atoms in total. The summed E-state index contributed by atoms with van der Waals surface area (Å²) in [4.78, 5) is 15.3. The first-order chi connectivity index (χ1) is 23.4. The highest BCUT2D eigenvalue weighted by Gasteiger charge is 2.84. The first-order valence-electron chi connectivity index (χ1n) is 20.3. The number of fused-ring (bicyclic) bond motifs is 4. The fourth-order valence-corrected chi connectivity index (χ4v) is 14.4. The fraction of sp³-hybridized carbons (Fsp3) is 0.976. The van der Waals surface area contributed by atoms with Crippen LogP contribution in [0.1, 0.15) is 114 Å². The first-order valence-corrected chi connectivity index (χ1v) is 20.3. The number of hydrogen-bond acceptors (Lipinski definition) is 9. The van der Waals surface area contributed by atoms with E-state index in [1.54, 1.807) is 13.8 Å². The van der Waals surface area contributed by atoms with E-state index in [0.29, 0.717) is 29.7 Å². The molecule has 2 N–H and O–H groups in total. The molecular formula is C41H67NO8. The summed E-state index contributed by atoms with van der Waals surface area (Å²) in [5, 5.41) is 23.9. The van der Waals surface area contributed by atoms with E-state index in [0.717, 1.165) is 52.2 Å². The molecule has 2 spiro atoms. The van der Waals surface area contributed by atoms with Gasteiger partial charge in [0, 0.05) is 12.0 Å². The number of carbonyl (C=O) groups excluding carboxylic acids is 1. The van der Waals surface area contributed by atoms with Crippen molar-refractivity contribution >= 4 is 5.97 Å². The van der Waals surface area contributed by atoms with Gasteiger partial charge in [0.15, 0.2) is 12.4 Å². The van der Waals surface area contributed by atoms with Crippen LogP contribution in [-0.2, 0) is 28.5 Å². The van der Waals surface area contributed by atoms with Crippen LogP contribution in [0.2, 0.25) is 0 Å². The molecular weight excluding hydrogens is 634 g/mol. The molecule has 0 aromatic heterocycles. The van der Waals surface area contributed by atoms with Crippen molar-refractivity contribution in [2.45, 2.75) is 162 Å². The van der Waals surface area contributed by atoms with E-state index in [4.69, 9.17) is 23.7 Å². The summed E-state index contributed by atoms with van der Waals surface area (Å²) in [6.45, 7) is 23.4. The lowest BCUT2D eigenvalue weighted by molar-refractivity contribution is -0.256. The Morgan fingerprint density at radius 1 is 1.00 bits per heavy atom. The maximum absolute atomic E-state index is 12.8. The van der Waals surface area contributed by atoms with Gasteiger partial charge < -0.3 is 33.9 Å². The number of esters is 1. The second-order valence-electron chi connectivity index (χ2n) is 20.3. The molecule has 3 heterocycles. The first kappa shape index (κ1) is 36.2. The lowest BCUT2D eigenvalue weighted by atomic mass is 9.41. The molecule has 3 saturated heterocycles. The van der Waals surface area contributed by atoms with Crippen LogP contribution < -0.4 is 0 Å². The van der Waals surface area contributed by atoms with Crippen LogP contribution in [0.25, 0.3) is 0 Å². The predicted molar refractivity (Wildman–Crippen MR) is 188 cm³/mol. The van der Waals surface area contributed by atoms with Gasteiger partial charge in [0.25, 0.3) is 0 Å². The largest absolute Gasteiger partial charge is 0.456 e. The molecule has 3 aliphatic heterocycles. The molecule has 0 aromatic rings. The van der Waals surface area contributed by atoms with Crippen molar-refractivity contribution in [3.05, 3.63) is 0 Å². The third kappa shape index (κ3) is 4.91. The molecule has 14 atom stereocenters. The molecule has 5 aliphatic carbocycles. The highest BCUT2D eigenvalue weighted by Crippen LogP contribution is 2.89. The number of carbonyl (C=O) groups is 1. The standard InChI is InChI=1S/C41H67NO8/c1-23(2)35(44)50-34(37(6,7)45)26-18-24(3)31-32(48-26)33(43)39(9)28-11-10-27-36(4,5)29(49-30-19-42(16-17-47-30)25-20-46-21-25)12-13-40(27)22-41(28,40)15-14-38(31,39)8/h23-34,43,45H,10-22H2,1-9H3. The van der Waals surface area contributed by atoms with Gasteiger partial charge in [-0.05, 0) is 111 Å². The maximum Gasteiger partial charge on any atom is 0.308 e.